The van der Waals surface area contributed by atoms with Gasteiger partial charge in [0.2, 0.25) is 15.9 Å². The van der Waals surface area contributed by atoms with Crippen molar-refractivity contribution >= 4 is 21.6 Å². The summed E-state index contributed by atoms with van der Waals surface area (Å²) < 4.78 is 39.0. The molecule has 2 aliphatic heterocycles. The lowest BCUT2D eigenvalue weighted by atomic mass is 10.0. The molecule has 1 aromatic carbocycles. The van der Waals surface area contributed by atoms with E-state index in [0.29, 0.717) is 53.6 Å². The van der Waals surface area contributed by atoms with Crippen LogP contribution in [0.1, 0.15) is 55.8 Å². The molecule has 3 heterocycles. The summed E-state index contributed by atoms with van der Waals surface area (Å²) in [5, 5.41) is 4.00. The molecular weight excluding hydrogens is 420 g/mol. The van der Waals surface area contributed by atoms with E-state index in [1.807, 2.05) is 0 Å². The third-order valence-electron chi connectivity index (χ3n) is 6.27. The summed E-state index contributed by atoms with van der Waals surface area (Å²) in [4.78, 5) is 18.7. The Morgan fingerprint density at radius 2 is 1.90 bits per heavy atom. The number of hydrogen-bond donors (Lipinski definition) is 0. The third kappa shape index (κ3) is 3.82. The van der Waals surface area contributed by atoms with Gasteiger partial charge in [-0.2, -0.15) is 9.29 Å². The molecule has 5 rings (SSSR count). The van der Waals surface area contributed by atoms with Gasteiger partial charge in [-0.1, -0.05) is 12.1 Å². The number of nitrogens with zero attached hydrogens (tertiary/aromatic N) is 4. The molecule has 10 heteroatoms. The summed E-state index contributed by atoms with van der Waals surface area (Å²) >= 11 is 0. The maximum absolute atomic E-state index is 13.3. The smallest absolute Gasteiger partial charge is 0.265 e. The van der Waals surface area contributed by atoms with Crippen LogP contribution in [0.4, 0.5) is 5.69 Å². The Balaban J connectivity index is 1.44. The normalized spacial score (nSPS) is 20.6. The predicted octanol–water partition coefficient (Wildman–Crippen LogP) is 2.60. The first-order valence-corrected chi connectivity index (χ1v) is 12.2. The number of aryl methyl sites for hydroxylation is 1. The van der Waals surface area contributed by atoms with Crippen molar-refractivity contribution in [3.63, 3.8) is 0 Å². The second kappa shape index (κ2) is 7.59. The van der Waals surface area contributed by atoms with E-state index in [-0.39, 0.29) is 24.0 Å². The molecule has 3 aliphatic rings. The molecule has 166 valence electrons. The highest BCUT2D eigenvalue weighted by Gasteiger charge is 2.34. The molecule has 1 aromatic heterocycles. The molecule has 0 radical (unpaired) electrons. The number of hydrogen-bond acceptors (Lipinski definition) is 7. The fraction of sp³-hybridized carbons (Fsp3) is 0.571. The van der Waals surface area contributed by atoms with E-state index in [1.165, 1.54) is 4.90 Å². The van der Waals surface area contributed by atoms with E-state index < -0.39 is 10.0 Å². The van der Waals surface area contributed by atoms with Crippen LogP contribution in [-0.2, 0) is 21.4 Å². The van der Waals surface area contributed by atoms with Gasteiger partial charge in [-0.05, 0) is 50.2 Å². The number of sulfonamides is 1. The van der Waals surface area contributed by atoms with Crippen LogP contribution >= 0.6 is 0 Å². The largest absolute Gasteiger partial charge is 0.482 e. The summed E-state index contributed by atoms with van der Waals surface area (Å²) in [5.74, 6) is 2.06. The van der Waals surface area contributed by atoms with E-state index in [9.17, 15) is 13.2 Å². The monoisotopic (exact) mass is 446 g/mol. The molecule has 0 N–H and O–H groups in total. The molecule has 1 saturated heterocycles. The first-order valence-electron chi connectivity index (χ1n) is 10.7. The van der Waals surface area contributed by atoms with Crippen molar-refractivity contribution in [3.8, 4) is 5.75 Å². The standard InChI is InChI=1S/C21H26N4O5S/c1-13-5-7-24(8-6-13)31(27,28)18-10-17-16(9-14(18)2)25(20(26)12-29-17)11-19-22-21(30-23-19)15-3-4-15/h9-10,13,15H,3-8,11-12H2,1-2H3. The number of aromatic nitrogens is 2. The number of rotatable bonds is 5. The molecule has 2 fully saturated rings. The van der Waals surface area contributed by atoms with Crippen LogP contribution in [0.15, 0.2) is 21.6 Å². The molecule has 9 nitrogen and oxygen atoms in total. The Labute approximate surface area is 181 Å². The zero-order valence-corrected chi connectivity index (χ0v) is 18.5. The van der Waals surface area contributed by atoms with E-state index in [0.717, 1.165) is 25.7 Å². The number of piperidine rings is 1. The highest BCUT2D eigenvalue weighted by atomic mass is 32.2. The van der Waals surface area contributed by atoms with Gasteiger partial charge in [0.1, 0.15) is 5.75 Å². The molecule has 1 amide bonds. The Morgan fingerprint density at radius 1 is 1.16 bits per heavy atom. The molecule has 1 aliphatic carbocycles. The SMILES string of the molecule is Cc1cc2c(cc1S(=O)(=O)N1CCC(C)CC1)OCC(=O)N2Cc1noc(C2CC2)n1. The Hall–Kier alpha value is -2.46. The van der Waals surface area contributed by atoms with Crippen molar-refractivity contribution in [2.24, 2.45) is 5.92 Å². The fourth-order valence-electron chi connectivity index (χ4n) is 4.12. The van der Waals surface area contributed by atoms with E-state index in [4.69, 9.17) is 9.26 Å². The molecule has 0 unspecified atom stereocenters. The Bertz CT molecular complexity index is 1120. The van der Waals surface area contributed by atoms with Gasteiger partial charge in [-0.25, -0.2) is 8.42 Å². The van der Waals surface area contributed by atoms with E-state index in [2.05, 4.69) is 17.1 Å². The second-order valence-electron chi connectivity index (χ2n) is 8.76. The second-order valence-corrected chi connectivity index (χ2v) is 10.7. The molecular formula is C21H26N4O5S. The van der Waals surface area contributed by atoms with Crippen molar-refractivity contribution in [1.29, 1.82) is 0 Å². The first-order chi connectivity index (χ1) is 14.8. The summed E-state index contributed by atoms with van der Waals surface area (Å²) in [6, 6.07) is 3.25. The van der Waals surface area contributed by atoms with Crippen molar-refractivity contribution < 1.29 is 22.5 Å². The molecule has 0 atom stereocenters. The van der Waals surface area contributed by atoms with Crippen LogP contribution in [-0.4, -0.2) is 48.5 Å². The highest BCUT2D eigenvalue weighted by Crippen LogP contribution is 2.40. The van der Waals surface area contributed by atoms with Crippen molar-refractivity contribution in [3.05, 3.63) is 29.4 Å². The van der Waals surface area contributed by atoms with Gasteiger partial charge >= 0.3 is 0 Å². The van der Waals surface area contributed by atoms with E-state index in [1.54, 1.807) is 23.4 Å². The molecule has 2 aromatic rings. The van der Waals surface area contributed by atoms with Gasteiger partial charge in [-0.3, -0.25) is 9.69 Å². The van der Waals surface area contributed by atoms with Gasteiger partial charge in [0.25, 0.3) is 5.91 Å². The minimum absolute atomic E-state index is 0.154. The minimum Gasteiger partial charge on any atom is -0.482 e. The summed E-state index contributed by atoms with van der Waals surface area (Å²) in [7, 11) is -3.63. The number of amides is 1. The topological polar surface area (TPSA) is 106 Å². The average molecular weight is 447 g/mol. The lowest BCUT2D eigenvalue weighted by Crippen LogP contribution is -2.40. The van der Waals surface area contributed by atoms with Crippen LogP contribution in [0.5, 0.6) is 5.75 Å². The van der Waals surface area contributed by atoms with E-state index >= 15 is 0 Å². The van der Waals surface area contributed by atoms with Gasteiger partial charge in [0.15, 0.2) is 12.4 Å². The quantitative estimate of drug-likeness (QED) is 0.695. The predicted molar refractivity (Wildman–Crippen MR) is 111 cm³/mol. The average Bonchev–Trinajstić information content (AvgIpc) is 3.49. The number of carbonyl (C=O) groups is 1. The van der Waals surface area contributed by atoms with Gasteiger partial charge in [-0.15, -0.1) is 0 Å². The minimum atomic E-state index is -3.63. The molecule has 1 saturated carbocycles. The Kier molecular flexibility index (Phi) is 5.01. The molecule has 31 heavy (non-hydrogen) atoms. The maximum atomic E-state index is 13.3. The van der Waals surface area contributed by atoms with Crippen LogP contribution in [0.25, 0.3) is 0 Å². The number of anilines is 1. The number of ether oxygens (including phenoxy) is 1. The van der Waals surface area contributed by atoms with Crippen molar-refractivity contribution in [1.82, 2.24) is 14.4 Å². The summed E-state index contributed by atoms with van der Waals surface area (Å²) in [6.07, 6.45) is 3.81. The summed E-state index contributed by atoms with van der Waals surface area (Å²) in [6.45, 7) is 4.92. The van der Waals surface area contributed by atoms with Crippen LogP contribution < -0.4 is 9.64 Å². The highest BCUT2D eigenvalue weighted by molar-refractivity contribution is 7.89. The maximum Gasteiger partial charge on any atom is 0.265 e. The number of fused-ring (bicyclic) bond motifs is 1. The zero-order chi connectivity index (χ0) is 21.8. The fourth-order valence-corrected chi connectivity index (χ4v) is 5.81. The van der Waals surface area contributed by atoms with Crippen molar-refractivity contribution in [2.75, 3.05) is 24.6 Å². The van der Waals surface area contributed by atoms with Crippen LogP contribution in [0.2, 0.25) is 0 Å². The first kappa shape index (κ1) is 20.4. The zero-order valence-electron chi connectivity index (χ0n) is 17.7. The molecule has 0 spiro atoms. The van der Waals surface area contributed by atoms with Gasteiger partial charge < -0.3 is 9.26 Å². The van der Waals surface area contributed by atoms with Crippen LogP contribution in [0.3, 0.4) is 0 Å². The summed E-state index contributed by atoms with van der Waals surface area (Å²) in [5.41, 5.74) is 1.10. The molecule has 0 bridgehead atoms. The Morgan fingerprint density at radius 3 is 2.61 bits per heavy atom. The van der Waals surface area contributed by atoms with Crippen LogP contribution in [0, 0.1) is 12.8 Å². The lowest BCUT2D eigenvalue weighted by molar-refractivity contribution is -0.121. The number of benzene rings is 1. The van der Waals surface area contributed by atoms with Crippen molar-refractivity contribution in [2.45, 2.75) is 56.9 Å². The third-order valence-corrected chi connectivity index (χ3v) is 8.31. The van der Waals surface area contributed by atoms with Gasteiger partial charge in [0.05, 0.1) is 17.1 Å². The van der Waals surface area contributed by atoms with Gasteiger partial charge in [0, 0.05) is 25.1 Å². The number of carbonyl (C=O) groups excluding carboxylic acids is 1. The lowest BCUT2D eigenvalue weighted by Gasteiger charge is -2.32.